The maximum absolute atomic E-state index is 9.93. The minimum Gasteiger partial charge on any atom is -0.390 e. The first-order valence-corrected chi connectivity index (χ1v) is 7.08. The quantitative estimate of drug-likeness (QED) is 0.751. The van der Waals surface area contributed by atoms with Crippen LogP contribution in [-0.2, 0) is 0 Å². The normalized spacial score (nSPS) is 23.6. The average molecular weight is 242 g/mol. The number of aliphatic hydroxyl groups excluding tert-OH is 2. The van der Waals surface area contributed by atoms with Crippen LogP contribution in [0.2, 0.25) is 0 Å². The van der Waals surface area contributed by atoms with Crippen molar-refractivity contribution in [3.8, 4) is 0 Å². The van der Waals surface area contributed by atoms with Crippen molar-refractivity contribution in [1.29, 1.82) is 0 Å². The van der Waals surface area contributed by atoms with E-state index in [9.17, 15) is 10.2 Å². The minimum absolute atomic E-state index is 0.363. The highest BCUT2D eigenvalue weighted by Gasteiger charge is 2.27. The minimum atomic E-state index is -0.876. The van der Waals surface area contributed by atoms with Gasteiger partial charge in [-0.15, -0.1) is 0 Å². The Morgan fingerprint density at radius 3 is 2.24 bits per heavy atom. The van der Waals surface area contributed by atoms with Gasteiger partial charge >= 0.3 is 0 Å². The molecule has 0 amide bonds. The van der Waals surface area contributed by atoms with Crippen LogP contribution in [0.4, 0.5) is 0 Å². The van der Waals surface area contributed by atoms with E-state index in [1.54, 1.807) is 0 Å². The Labute approximate surface area is 105 Å². The zero-order chi connectivity index (χ0) is 12.8. The summed E-state index contributed by atoms with van der Waals surface area (Å²) >= 11 is 0. The molecule has 0 aromatic rings. The highest BCUT2D eigenvalue weighted by Crippen LogP contribution is 2.28. The molecule has 0 spiro atoms. The molecule has 0 aromatic carbocycles. The Bertz CT molecular complexity index is 202. The molecular formula is C14H28NO2. The number of hydrogen-bond acceptors (Lipinski definition) is 2. The van der Waals surface area contributed by atoms with E-state index in [2.05, 4.69) is 0 Å². The molecule has 1 aliphatic rings. The highest BCUT2D eigenvalue weighted by atomic mass is 16.3. The van der Waals surface area contributed by atoms with Crippen LogP contribution in [0, 0.1) is 11.8 Å². The molecule has 0 heterocycles. The summed E-state index contributed by atoms with van der Waals surface area (Å²) in [5.74, 6) is 0.952. The molecule has 1 saturated carbocycles. The first kappa shape index (κ1) is 14.9. The third-order valence-electron chi connectivity index (χ3n) is 3.83. The maximum Gasteiger partial charge on any atom is 0.0965 e. The van der Waals surface area contributed by atoms with Crippen LogP contribution in [0.1, 0.15) is 58.8 Å². The third kappa shape index (κ3) is 5.36. The monoisotopic (exact) mass is 242 g/mol. The van der Waals surface area contributed by atoms with Crippen molar-refractivity contribution in [3.63, 3.8) is 0 Å². The summed E-state index contributed by atoms with van der Waals surface area (Å²) in [6, 6.07) is -0.521. The molecule has 3 nitrogen and oxygen atoms in total. The molecule has 0 saturated heterocycles. The van der Waals surface area contributed by atoms with Crippen molar-refractivity contribution >= 4 is 0 Å². The molecule has 0 aliphatic heterocycles. The van der Waals surface area contributed by atoms with Gasteiger partial charge in [0.2, 0.25) is 0 Å². The summed E-state index contributed by atoms with van der Waals surface area (Å²) in [5, 5.41) is 19.7. The molecular weight excluding hydrogens is 214 g/mol. The molecule has 0 unspecified atom stereocenters. The van der Waals surface area contributed by atoms with E-state index >= 15 is 0 Å². The summed E-state index contributed by atoms with van der Waals surface area (Å²) < 4.78 is 0. The molecule has 1 aliphatic carbocycles. The molecule has 3 N–H and O–H groups in total. The van der Waals surface area contributed by atoms with Crippen molar-refractivity contribution in [2.45, 2.75) is 77.0 Å². The highest BCUT2D eigenvalue weighted by molar-refractivity contribution is 4.82. The van der Waals surface area contributed by atoms with Gasteiger partial charge in [0, 0.05) is 0 Å². The molecule has 101 valence electrons. The zero-order valence-corrected chi connectivity index (χ0v) is 11.2. The fraction of sp³-hybridized carbons (Fsp3) is 1.00. The lowest BCUT2D eigenvalue weighted by Gasteiger charge is -2.29. The second kappa shape index (κ2) is 7.34. The van der Waals surface area contributed by atoms with Gasteiger partial charge in [0.1, 0.15) is 0 Å². The van der Waals surface area contributed by atoms with Gasteiger partial charge in [0.05, 0.1) is 18.2 Å². The van der Waals surface area contributed by atoms with E-state index in [1.807, 2.05) is 13.8 Å². The van der Waals surface area contributed by atoms with Crippen molar-refractivity contribution in [2.75, 3.05) is 0 Å². The van der Waals surface area contributed by atoms with Gasteiger partial charge in [-0.1, -0.05) is 46.0 Å². The van der Waals surface area contributed by atoms with Crippen LogP contribution < -0.4 is 5.73 Å². The summed E-state index contributed by atoms with van der Waals surface area (Å²) in [5.41, 5.74) is 7.98. The van der Waals surface area contributed by atoms with Crippen LogP contribution in [0.3, 0.4) is 0 Å². The second-order valence-electron chi connectivity index (χ2n) is 6.03. The number of nitrogens with one attached hydrogen (secondary N) is 1. The smallest absolute Gasteiger partial charge is 0.0965 e. The molecule has 1 fully saturated rings. The molecule has 17 heavy (non-hydrogen) atoms. The van der Waals surface area contributed by atoms with Crippen LogP contribution >= 0.6 is 0 Å². The standard InChI is InChI=1S/C14H28NO2/c1-10(2)8-13(16)14(17)12(15)9-11-6-4-3-5-7-11/h10-17H,3-9H2,1-2H3/t12-,13-,14+/m0/s1. The Kier molecular flexibility index (Phi) is 6.45. The lowest BCUT2D eigenvalue weighted by Crippen LogP contribution is -2.40. The van der Waals surface area contributed by atoms with Crippen molar-refractivity contribution in [3.05, 3.63) is 0 Å². The molecule has 1 radical (unpaired) electrons. The van der Waals surface area contributed by atoms with Crippen LogP contribution in [0.5, 0.6) is 0 Å². The maximum atomic E-state index is 9.93. The zero-order valence-electron chi connectivity index (χ0n) is 11.2. The van der Waals surface area contributed by atoms with E-state index in [0.29, 0.717) is 18.3 Å². The second-order valence-corrected chi connectivity index (χ2v) is 6.03. The third-order valence-corrected chi connectivity index (χ3v) is 3.83. The van der Waals surface area contributed by atoms with E-state index < -0.39 is 18.2 Å². The predicted molar refractivity (Wildman–Crippen MR) is 69.5 cm³/mol. The topological polar surface area (TPSA) is 64.3 Å². The van der Waals surface area contributed by atoms with E-state index in [0.717, 1.165) is 6.42 Å². The average Bonchev–Trinajstić information content (AvgIpc) is 2.28. The molecule has 0 bridgehead atoms. The van der Waals surface area contributed by atoms with Crippen LogP contribution in [0.25, 0.3) is 0 Å². The van der Waals surface area contributed by atoms with Gasteiger partial charge in [-0.2, -0.15) is 0 Å². The van der Waals surface area contributed by atoms with Gasteiger partial charge in [-0.05, 0) is 24.7 Å². The number of rotatable bonds is 6. The lowest BCUT2D eigenvalue weighted by molar-refractivity contribution is -0.0132. The van der Waals surface area contributed by atoms with Crippen molar-refractivity contribution in [1.82, 2.24) is 5.73 Å². The molecule has 3 heteroatoms. The van der Waals surface area contributed by atoms with Crippen LogP contribution in [-0.4, -0.2) is 28.5 Å². The first-order chi connectivity index (χ1) is 8.00. The van der Waals surface area contributed by atoms with Crippen molar-refractivity contribution in [2.24, 2.45) is 11.8 Å². The fourth-order valence-electron chi connectivity index (χ4n) is 2.81. The van der Waals surface area contributed by atoms with Gasteiger partial charge in [-0.25, -0.2) is 0 Å². The molecule has 3 atom stereocenters. The summed E-state index contributed by atoms with van der Waals surface area (Å²) in [4.78, 5) is 0. The first-order valence-electron chi connectivity index (χ1n) is 7.08. The van der Waals surface area contributed by atoms with Gasteiger partial charge < -0.3 is 10.2 Å². The summed E-state index contributed by atoms with van der Waals surface area (Å²) in [6.07, 6.45) is 5.96. The Morgan fingerprint density at radius 1 is 1.12 bits per heavy atom. The number of hydrogen-bond donors (Lipinski definition) is 2. The van der Waals surface area contributed by atoms with Gasteiger partial charge in [-0.3, -0.25) is 5.73 Å². The Balaban J connectivity index is 2.31. The van der Waals surface area contributed by atoms with E-state index in [1.165, 1.54) is 32.1 Å². The van der Waals surface area contributed by atoms with E-state index in [4.69, 9.17) is 5.73 Å². The Morgan fingerprint density at radius 2 is 1.71 bits per heavy atom. The van der Waals surface area contributed by atoms with Crippen LogP contribution in [0.15, 0.2) is 0 Å². The molecule has 0 aromatic heterocycles. The van der Waals surface area contributed by atoms with Gasteiger partial charge in [0.15, 0.2) is 0 Å². The van der Waals surface area contributed by atoms with Gasteiger partial charge in [0.25, 0.3) is 0 Å². The summed E-state index contributed by atoms with van der Waals surface area (Å²) in [6.45, 7) is 4.05. The van der Waals surface area contributed by atoms with Crippen molar-refractivity contribution < 1.29 is 10.2 Å². The Hall–Kier alpha value is -0.120. The summed E-state index contributed by atoms with van der Waals surface area (Å²) in [7, 11) is 0. The SMILES string of the molecule is CC(C)C[C@H](O)[C@H](O)[C@@H]([NH])CC1CCCCC1. The predicted octanol–water partition coefficient (Wildman–Crippen LogP) is 2.38. The lowest BCUT2D eigenvalue weighted by atomic mass is 9.83. The fourth-order valence-corrected chi connectivity index (χ4v) is 2.81. The van der Waals surface area contributed by atoms with E-state index in [-0.39, 0.29) is 0 Å². The largest absolute Gasteiger partial charge is 0.390 e. The number of aliphatic hydroxyl groups is 2. The molecule has 1 rings (SSSR count).